The van der Waals surface area contributed by atoms with Crippen molar-refractivity contribution in [2.75, 3.05) is 14.1 Å². The highest BCUT2D eigenvalue weighted by molar-refractivity contribution is 5.88. The van der Waals surface area contributed by atoms with E-state index in [0.717, 1.165) is 17.9 Å². The van der Waals surface area contributed by atoms with Crippen LogP contribution in [-0.4, -0.2) is 44.0 Å². The normalized spacial score (nSPS) is 18.1. The van der Waals surface area contributed by atoms with Gasteiger partial charge in [0.2, 0.25) is 0 Å². The molecule has 2 unspecified atom stereocenters. The third-order valence-electron chi connectivity index (χ3n) is 6.16. The molecule has 9 heteroatoms. The SMILES string of the molecule is CCn1ncnc1C1c2n[nH]c(=O)c3cc(F)cc(c23)CNC1c1ccc(CN(C)C)cc1. The molecule has 0 fully saturated rings. The Morgan fingerprint density at radius 2 is 2.00 bits per heavy atom. The molecule has 0 aliphatic carbocycles. The number of H-pyrrole nitrogens is 1. The third kappa shape index (κ3) is 3.83. The van der Waals surface area contributed by atoms with Gasteiger partial charge < -0.3 is 10.2 Å². The van der Waals surface area contributed by atoms with E-state index in [-0.39, 0.29) is 12.0 Å². The van der Waals surface area contributed by atoms with Crippen molar-refractivity contribution in [3.05, 3.63) is 87.1 Å². The van der Waals surface area contributed by atoms with Gasteiger partial charge in [0.15, 0.2) is 0 Å². The van der Waals surface area contributed by atoms with Gasteiger partial charge in [-0.05, 0) is 49.8 Å². The van der Waals surface area contributed by atoms with Crippen molar-refractivity contribution in [3.8, 4) is 0 Å². The van der Waals surface area contributed by atoms with E-state index in [1.807, 2.05) is 25.7 Å². The van der Waals surface area contributed by atoms with Gasteiger partial charge in [0.1, 0.15) is 18.0 Å². The van der Waals surface area contributed by atoms with Crippen LogP contribution in [0, 0.1) is 5.82 Å². The molecule has 170 valence electrons. The van der Waals surface area contributed by atoms with Crippen molar-refractivity contribution in [2.24, 2.45) is 0 Å². The summed E-state index contributed by atoms with van der Waals surface area (Å²) in [5.74, 6) is -0.0367. The van der Waals surface area contributed by atoms with Crippen molar-refractivity contribution in [1.82, 2.24) is 35.2 Å². The second kappa shape index (κ2) is 8.49. The maximum atomic E-state index is 14.4. The Kier molecular flexibility index (Phi) is 5.51. The summed E-state index contributed by atoms with van der Waals surface area (Å²) < 4.78 is 16.2. The molecule has 2 N–H and O–H groups in total. The van der Waals surface area contributed by atoms with Crippen LogP contribution in [0.3, 0.4) is 0 Å². The van der Waals surface area contributed by atoms with Crippen LogP contribution in [0.2, 0.25) is 0 Å². The van der Waals surface area contributed by atoms with Gasteiger partial charge in [0, 0.05) is 31.1 Å². The largest absolute Gasteiger partial charge is 0.305 e. The molecule has 0 saturated heterocycles. The van der Waals surface area contributed by atoms with Gasteiger partial charge in [-0.25, -0.2) is 19.2 Å². The van der Waals surface area contributed by atoms with Gasteiger partial charge in [-0.15, -0.1) is 0 Å². The minimum absolute atomic E-state index is 0.204. The quantitative estimate of drug-likeness (QED) is 0.489. The molecule has 0 amide bonds. The monoisotopic (exact) mass is 447 g/mol. The number of nitrogens with one attached hydrogen (secondary N) is 2. The maximum Gasteiger partial charge on any atom is 0.272 e. The summed E-state index contributed by atoms with van der Waals surface area (Å²) in [4.78, 5) is 19.2. The zero-order valence-electron chi connectivity index (χ0n) is 18.8. The second-order valence-electron chi connectivity index (χ2n) is 8.68. The first-order chi connectivity index (χ1) is 16.0. The summed E-state index contributed by atoms with van der Waals surface area (Å²) in [6.07, 6.45) is 1.54. The van der Waals surface area contributed by atoms with E-state index >= 15 is 0 Å². The lowest BCUT2D eigenvalue weighted by molar-refractivity contribution is 0.402. The van der Waals surface area contributed by atoms with Crippen LogP contribution in [0.15, 0.2) is 47.5 Å². The first-order valence-electron chi connectivity index (χ1n) is 11.0. The smallest absolute Gasteiger partial charge is 0.272 e. The Hall–Kier alpha value is -3.43. The molecule has 1 aliphatic rings. The van der Waals surface area contributed by atoms with Crippen molar-refractivity contribution in [1.29, 1.82) is 0 Å². The van der Waals surface area contributed by atoms with E-state index < -0.39 is 11.4 Å². The lowest BCUT2D eigenvalue weighted by atomic mass is 9.87. The summed E-state index contributed by atoms with van der Waals surface area (Å²) >= 11 is 0. The Morgan fingerprint density at radius 1 is 1.21 bits per heavy atom. The van der Waals surface area contributed by atoms with E-state index in [4.69, 9.17) is 0 Å². The number of hydrogen-bond donors (Lipinski definition) is 2. The molecule has 8 nitrogen and oxygen atoms in total. The van der Waals surface area contributed by atoms with Crippen molar-refractivity contribution in [2.45, 2.75) is 38.5 Å². The maximum absolute atomic E-state index is 14.4. The van der Waals surface area contributed by atoms with Gasteiger partial charge in [-0.1, -0.05) is 24.3 Å². The van der Waals surface area contributed by atoms with Crippen LogP contribution in [0.4, 0.5) is 4.39 Å². The molecule has 2 aromatic heterocycles. The summed E-state index contributed by atoms with van der Waals surface area (Å²) in [6.45, 7) is 3.89. The standard InChI is InChI=1S/C24H26FN7O/c1-4-32-23(27-13-28-32)20-21(15-7-5-14(6-8-15)12-31(2)3)26-11-16-9-17(25)10-18-19(16)22(20)29-30-24(18)33/h5-10,13,20-21,26H,4,11-12H2,1-3H3,(H,30,33). The van der Waals surface area contributed by atoms with Gasteiger partial charge >= 0.3 is 0 Å². The number of benzene rings is 2. The fourth-order valence-electron chi connectivity index (χ4n) is 4.77. The zero-order valence-corrected chi connectivity index (χ0v) is 18.8. The molecule has 0 saturated carbocycles. The molecule has 5 rings (SSSR count). The van der Waals surface area contributed by atoms with Gasteiger partial charge in [0.05, 0.1) is 17.0 Å². The number of halogens is 1. The van der Waals surface area contributed by atoms with E-state index in [9.17, 15) is 9.18 Å². The minimum Gasteiger partial charge on any atom is -0.305 e. The lowest BCUT2D eigenvalue weighted by Gasteiger charge is -2.26. The number of hydrogen-bond acceptors (Lipinski definition) is 6. The topological polar surface area (TPSA) is 91.7 Å². The molecule has 0 bridgehead atoms. The van der Waals surface area contributed by atoms with Gasteiger partial charge in [-0.3, -0.25) is 4.79 Å². The lowest BCUT2D eigenvalue weighted by Crippen LogP contribution is -2.29. The number of rotatable bonds is 5. The molecule has 2 atom stereocenters. The van der Waals surface area contributed by atoms with Crippen LogP contribution >= 0.6 is 0 Å². The van der Waals surface area contributed by atoms with E-state index in [1.54, 1.807) is 0 Å². The first-order valence-corrected chi connectivity index (χ1v) is 11.0. The summed E-state index contributed by atoms with van der Waals surface area (Å²) in [7, 11) is 4.08. The van der Waals surface area contributed by atoms with Crippen molar-refractivity contribution in [3.63, 3.8) is 0 Å². The van der Waals surface area contributed by atoms with Crippen LogP contribution < -0.4 is 10.9 Å². The highest BCUT2D eigenvalue weighted by Crippen LogP contribution is 2.41. The van der Waals surface area contributed by atoms with Crippen LogP contribution in [0.5, 0.6) is 0 Å². The number of aromatic nitrogens is 5. The Balaban J connectivity index is 1.72. The molecule has 0 radical (unpaired) electrons. The average Bonchev–Trinajstić information content (AvgIpc) is 3.20. The van der Waals surface area contributed by atoms with Crippen molar-refractivity contribution >= 4 is 10.8 Å². The Morgan fingerprint density at radius 3 is 2.73 bits per heavy atom. The molecular formula is C24H26FN7O. The zero-order chi connectivity index (χ0) is 23.1. The molecule has 3 heterocycles. The van der Waals surface area contributed by atoms with Crippen LogP contribution in [-0.2, 0) is 19.6 Å². The van der Waals surface area contributed by atoms with Crippen LogP contribution in [0.25, 0.3) is 10.8 Å². The fraction of sp³-hybridized carbons (Fsp3) is 0.333. The number of nitrogens with zero attached hydrogens (tertiary/aromatic N) is 5. The van der Waals surface area contributed by atoms with E-state index in [2.05, 4.69) is 54.8 Å². The molecule has 1 aliphatic heterocycles. The summed E-state index contributed by atoms with van der Waals surface area (Å²) in [5, 5.41) is 16.0. The number of aryl methyl sites for hydroxylation is 1. The number of aromatic amines is 1. The molecule has 4 aromatic rings. The molecule has 33 heavy (non-hydrogen) atoms. The summed E-state index contributed by atoms with van der Waals surface area (Å²) in [6, 6.07) is 11.0. The molecule has 2 aromatic carbocycles. The minimum atomic E-state index is -0.443. The van der Waals surface area contributed by atoms with E-state index in [1.165, 1.54) is 24.0 Å². The average molecular weight is 448 g/mol. The fourth-order valence-corrected chi connectivity index (χ4v) is 4.77. The molecule has 0 spiro atoms. The second-order valence-corrected chi connectivity index (χ2v) is 8.68. The highest BCUT2D eigenvalue weighted by Gasteiger charge is 2.36. The predicted molar refractivity (Wildman–Crippen MR) is 123 cm³/mol. The Bertz CT molecular complexity index is 1360. The van der Waals surface area contributed by atoms with Gasteiger partial charge in [-0.2, -0.15) is 10.2 Å². The summed E-state index contributed by atoms with van der Waals surface area (Å²) in [5.41, 5.74) is 3.23. The highest BCUT2D eigenvalue weighted by atomic mass is 19.1. The van der Waals surface area contributed by atoms with E-state index in [0.29, 0.717) is 35.1 Å². The third-order valence-corrected chi connectivity index (χ3v) is 6.16. The van der Waals surface area contributed by atoms with Gasteiger partial charge in [0.25, 0.3) is 5.56 Å². The Labute approximate surface area is 190 Å². The van der Waals surface area contributed by atoms with Crippen LogP contribution in [0.1, 0.15) is 47.1 Å². The first kappa shape index (κ1) is 21.4. The predicted octanol–water partition coefficient (Wildman–Crippen LogP) is 2.71. The van der Waals surface area contributed by atoms with Crippen molar-refractivity contribution < 1.29 is 4.39 Å². The molecular weight excluding hydrogens is 421 g/mol.